The second-order valence-corrected chi connectivity index (χ2v) is 7.27. The minimum absolute atomic E-state index is 0.0903. The molecule has 1 amide bonds. The standard InChI is InChI=1S/C21H24N2O3/c24-13-14-2-1-3-19(8-14)23-21(25)18-10-17(11-22-12-18)15-4-5-20-16(9-15)6-7-26-20/h4-5,9-12,14,19,24H,1-3,6-8,13H2,(H,23,25). The normalized spacial score (nSPS) is 21.7. The fourth-order valence-corrected chi connectivity index (χ4v) is 3.94. The maximum Gasteiger partial charge on any atom is 0.253 e. The van der Waals surface area contributed by atoms with Gasteiger partial charge in [0.15, 0.2) is 0 Å². The molecule has 26 heavy (non-hydrogen) atoms. The largest absolute Gasteiger partial charge is 0.493 e. The first-order valence-corrected chi connectivity index (χ1v) is 9.36. The van der Waals surface area contributed by atoms with Crippen LogP contribution in [0.2, 0.25) is 0 Å². The third kappa shape index (κ3) is 3.58. The molecule has 5 heteroatoms. The number of hydrogen-bond donors (Lipinski definition) is 2. The van der Waals surface area contributed by atoms with Gasteiger partial charge in [0.05, 0.1) is 12.2 Å². The summed E-state index contributed by atoms with van der Waals surface area (Å²) >= 11 is 0. The zero-order chi connectivity index (χ0) is 17.9. The Morgan fingerprint density at radius 1 is 1.23 bits per heavy atom. The van der Waals surface area contributed by atoms with E-state index in [1.807, 2.05) is 18.2 Å². The Hall–Kier alpha value is -2.40. The van der Waals surface area contributed by atoms with Crippen molar-refractivity contribution in [2.45, 2.75) is 38.1 Å². The van der Waals surface area contributed by atoms with Crippen molar-refractivity contribution in [2.24, 2.45) is 5.92 Å². The molecule has 0 bridgehead atoms. The van der Waals surface area contributed by atoms with Crippen molar-refractivity contribution in [3.05, 3.63) is 47.8 Å². The number of benzene rings is 1. The van der Waals surface area contributed by atoms with Gasteiger partial charge in [0, 0.05) is 37.0 Å². The quantitative estimate of drug-likeness (QED) is 0.887. The summed E-state index contributed by atoms with van der Waals surface area (Å²) in [5.74, 6) is 1.16. The first kappa shape index (κ1) is 17.0. The molecular weight excluding hydrogens is 328 g/mol. The second kappa shape index (κ2) is 7.46. The minimum Gasteiger partial charge on any atom is -0.493 e. The van der Waals surface area contributed by atoms with E-state index in [4.69, 9.17) is 4.74 Å². The van der Waals surface area contributed by atoms with Gasteiger partial charge in [-0.2, -0.15) is 0 Å². The fraction of sp³-hybridized carbons (Fsp3) is 0.429. The molecule has 1 aromatic heterocycles. The molecule has 2 unspecified atom stereocenters. The van der Waals surface area contributed by atoms with Crippen LogP contribution in [0, 0.1) is 5.92 Å². The molecular formula is C21H24N2O3. The van der Waals surface area contributed by atoms with Gasteiger partial charge in [0.1, 0.15) is 5.75 Å². The van der Waals surface area contributed by atoms with Crippen LogP contribution in [-0.2, 0) is 6.42 Å². The number of fused-ring (bicyclic) bond motifs is 1. The zero-order valence-electron chi connectivity index (χ0n) is 14.8. The molecule has 1 aliphatic carbocycles. The number of aliphatic hydroxyl groups is 1. The monoisotopic (exact) mass is 352 g/mol. The lowest BCUT2D eigenvalue weighted by molar-refractivity contribution is 0.0905. The average Bonchev–Trinajstić information content (AvgIpc) is 3.16. The van der Waals surface area contributed by atoms with Crippen LogP contribution >= 0.6 is 0 Å². The average molecular weight is 352 g/mol. The number of hydrogen-bond acceptors (Lipinski definition) is 4. The van der Waals surface area contributed by atoms with Crippen LogP contribution in [-0.4, -0.2) is 35.3 Å². The molecule has 1 aromatic carbocycles. The van der Waals surface area contributed by atoms with E-state index in [-0.39, 0.29) is 18.6 Å². The molecule has 4 rings (SSSR count). The Morgan fingerprint density at radius 2 is 2.15 bits per heavy atom. The predicted octanol–water partition coefficient (Wildman–Crippen LogP) is 2.96. The van der Waals surface area contributed by atoms with Gasteiger partial charge in [-0.15, -0.1) is 0 Å². The van der Waals surface area contributed by atoms with Gasteiger partial charge in [-0.3, -0.25) is 9.78 Å². The number of aliphatic hydroxyl groups excluding tert-OH is 1. The molecule has 2 aliphatic rings. The van der Waals surface area contributed by atoms with Gasteiger partial charge in [0.25, 0.3) is 5.91 Å². The molecule has 1 fully saturated rings. The van der Waals surface area contributed by atoms with Crippen molar-refractivity contribution in [1.82, 2.24) is 10.3 Å². The molecule has 2 heterocycles. The van der Waals surface area contributed by atoms with E-state index in [0.717, 1.165) is 55.6 Å². The van der Waals surface area contributed by atoms with Crippen LogP contribution in [0.4, 0.5) is 0 Å². The number of aromatic nitrogens is 1. The maximum absolute atomic E-state index is 12.6. The minimum atomic E-state index is -0.0903. The van der Waals surface area contributed by atoms with Crippen LogP contribution in [0.3, 0.4) is 0 Å². The lowest BCUT2D eigenvalue weighted by Crippen LogP contribution is -2.39. The summed E-state index contributed by atoms with van der Waals surface area (Å²) in [4.78, 5) is 16.9. The Kier molecular flexibility index (Phi) is 4.89. The Morgan fingerprint density at radius 3 is 3.04 bits per heavy atom. The molecule has 0 radical (unpaired) electrons. The predicted molar refractivity (Wildman–Crippen MR) is 99.2 cm³/mol. The van der Waals surface area contributed by atoms with E-state index in [2.05, 4.69) is 16.4 Å². The number of rotatable bonds is 4. The number of carbonyl (C=O) groups excluding carboxylic acids is 1. The van der Waals surface area contributed by atoms with Gasteiger partial charge in [-0.05, 0) is 54.5 Å². The first-order valence-electron chi connectivity index (χ1n) is 9.36. The SMILES string of the molecule is O=C(NC1CCCC(CO)C1)c1cncc(-c2ccc3c(c2)CCO3)c1. The van der Waals surface area contributed by atoms with Crippen molar-refractivity contribution in [3.8, 4) is 16.9 Å². The van der Waals surface area contributed by atoms with E-state index < -0.39 is 0 Å². The third-order valence-corrected chi connectivity index (χ3v) is 5.40. The summed E-state index contributed by atoms with van der Waals surface area (Å²) < 4.78 is 5.56. The Labute approximate surface area is 153 Å². The maximum atomic E-state index is 12.6. The molecule has 1 saturated carbocycles. The highest BCUT2D eigenvalue weighted by molar-refractivity contribution is 5.95. The molecule has 2 aromatic rings. The summed E-state index contributed by atoms with van der Waals surface area (Å²) in [5.41, 5.74) is 3.76. The molecule has 136 valence electrons. The second-order valence-electron chi connectivity index (χ2n) is 7.27. The van der Waals surface area contributed by atoms with Crippen LogP contribution < -0.4 is 10.1 Å². The summed E-state index contributed by atoms with van der Waals surface area (Å²) in [7, 11) is 0. The van der Waals surface area contributed by atoms with Gasteiger partial charge >= 0.3 is 0 Å². The highest BCUT2D eigenvalue weighted by Crippen LogP contribution is 2.30. The van der Waals surface area contributed by atoms with Crippen LogP contribution in [0.15, 0.2) is 36.7 Å². The van der Waals surface area contributed by atoms with Gasteiger partial charge < -0.3 is 15.2 Å². The van der Waals surface area contributed by atoms with Gasteiger partial charge in [-0.1, -0.05) is 12.5 Å². The van der Waals surface area contributed by atoms with Crippen molar-refractivity contribution in [1.29, 1.82) is 0 Å². The summed E-state index contributed by atoms with van der Waals surface area (Å²) in [6, 6.07) is 8.14. The smallest absolute Gasteiger partial charge is 0.253 e. The summed E-state index contributed by atoms with van der Waals surface area (Å²) in [5, 5.41) is 12.5. The number of nitrogens with one attached hydrogen (secondary N) is 1. The van der Waals surface area contributed by atoms with E-state index >= 15 is 0 Å². The Bertz CT molecular complexity index is 806. The Balaban J connectivity index is 1.49. The molecule has 1 aliphatic heterocycles. The van der Waals surface area contributed by atoms with Crippen molar-refractivity contribution in [2.75, 3.05) is 13.2 Å². The molecule has 2 N–H and O–H groups in total. The number of nitrogens with zero attached hydrogens (tertiary/aromatic N) is 1. The van der Waals surface area contributed by atoms with Gasteiger partial charge in [0.2, 0.25) is 0 Å². The number of amides is 1. The lowest BCUT2D eigenvalue weighted by Gasteiger charge is -2.28. The van der Waals surface area contributed by atoms with Crippen molar-refractivity contribution < 1.29 is 14.6 Å². The summed E-state index contributed by atoms with van der Waals surface area (Å²) in [6.45, 7) is 0.932. The number of ether oxygens (including phenoxy) is 1. The van der Waals surface area contributed by atoms with Crippen molar-refractivity contribution in [3.63, 3.8) is 0 Å². The van der Waals surface area contributed by atoms with Crippen LogP contribution in [0.5, 0.6) is 5.75 Å². The van der Waals surface area contributed by atoms with E-state index in [1.165, 1.54) is 5.56 Å². The van der Waals surface area contributed by atoms with Crippen LogP contribution in [0.25, 0.3) is 11.1 Å². The fourth-order valence-electron chi connectivity index (χ4n) is 3.94. The number of carbonyl (C=O) groups is 1. The summed E-state index contributed by atoms with van der Waals surface area (Å²) in [6.07, 6.45) is 8.23. The van der Waals surface area contributed by atoms with Crippen LogP contribution in [0.1, 0.15) is 41.6 Å². The zero-order valence-corrected chi connectivity index (χ0v) is 14.8. The molecule has 2 atom stereocenters. The molecule has 5 nitrogen and oxygen atoms in total. The lowest BCUT2D eigenvalue weighted by atomic mass is 9.86. The number of pyridine rings is 1. The molecule has 0 spiro atoms. The third-order valence-electron chi connectivity index (χ3n) is 5.40. The van der Waals surface area contributed by atoms with E-state index in [0.29, 0.717) is 11.5 Å². The van der Waals surface area contributed by atoms with Gasteiger partial charge in [-0.25, -0.2) is 0 Å². The van der Waals surface area contributed by atoms with Crippen molar-refractivity contribution >= 4 is 5.91 Å². The van der Waals surface area contributed by atoms with E-state index in [9.17, 15) is 9.90 Å². The van der Waals surface area contributed by atoms with E-state index in [1.54, 1.807) is 12.4 Å². The highest BCUT2D eigenvalue weighted by Gasteiger charge is 2.23. The highest BCUT2D eigenvalue weighted by atomic mass is 16.5. The molecule has 0 saturated heterocycles. The topological polar surface area (TPSA) is 71.5 Å². The first-order chi connectivity index (χ1) is 12.7.